The zero-order chi connectivity index (χ0) is 20.1. The summed E-state index contributed by atoms with van der Waals surface area (Å²) in [6.45, 7) is 11.2. The second-order valence-electron chi connectivity index (χ2n) is 7.03. The van der Waals surface area contributed by atoms with Crippen LogP contribution in [0.2, 0.25) is 0 Å². The van der Waals surface area contributed by atoms with Crippen LogP contribution < -0.4 is 15.1 Å². The van der Waals surface area contributed by atoms with Gasteiger partial charge in [-0.05, 0) is 56.7 Å². The molecule has 1 heterocycles. The summed E-state index contributed by atoms with van der Waals surface area (Å²) in [4.78, 5) is 18.8. The van der Waals surface area contributed by atoms with E-state index in [-0.39, 0.29) is 11.7 Å². The summed E-state index contributed by atoms with van der Waals surface area (Å²) in [5.74, 6) is -0.418. The maximum atomic E-state index is 13.7. The molecule has 150 valence electrons. The molecule has 0 aromatic heterocycles. The van der Waals surface area contributed by atoms with Crippen molar-refractivity contribution in [1.82, 2.24) is 4.90 Å². The van der Waals surface area contributed by atoms with E-state index in [1.165, 1.54) is 23.0 Å². The van der Waals surface area contributed by atoms with Crippen molar-refractivity contribution in [2.75, 3.05) is 54.4 Å². The summed E-state index contributed by atoms with van der Waals surface area (Å²) in [7, 11) is 0. The van der Waals surface area contributed by atoms with Crippen LogP contribution in [-0.4, -0.2) is 50.2 Å². The highest BCUT2D eigenvalue weighted by Gasteiger charge is 2.23. The van der Waals surface area contributed by atoms with Crippen LogP contribution in [0.5, 0.6) is 0 Å². The van der Waals surface area contributed by atoms with Gasteiger partial charge >= 0.3 is 6.03 Å². The third-order valence-electron chi connectivity index (χ3n) is 5.33. The van der Waals surface area contributed by atoms with Crippen LogP contribution in [0.25, 0.3) is 0 Å². The summed E-state index contributed by atoms with van der Waals surface area (Å²) in [6.07, 6.45) is 0. The number of aryl methyl sites for hydroxylation is 1. The molecule has 0 unspecified atom stereocenters. The predicted molar refractivity (Wildman–Crippen MR) is 114 cm³/mol. The fourth-order valence-electron chi connectivity index (χ4n) is 3.69. The summed E-state index contributed by atoms with van der Waals surface area (Å²) in [6, 6.07) is 12.6. The largest absolute Gasteiger partial charge is 0.372 e. The van der Waals surface area contributed by atoms with Crippen molar-refractivity contribution in [3.63, 3.8) is 0 Å². The molecule has 1 saturated heterocycles. The molecule has 2 amide bonds. The van der Waals surface area contributed by atoms with Gasteiger partial charge in [0.05, 0.1) is 5.69 Å². The van der Waals surface area contributed by atoms with Gasteiger partial charge in [0.1, 0.15) is 5.82 Å². The first-order valence-electron chi connectivity index (χ1n) is 9.94. The second kappa shape index (κ2) is 8.95. The Morgan fingerprint density at radius 2 is 1.75 bits per heavy atom. The summed E-state index contributed by atoms with van der Waals surface area (Å²) in [5.41, 5.74) is 3.92. The molecule has 0 spiro atoms. The van der Waals surface area contributed by atoms with Crippen LogP contribution in [0.15, 0.2) is 42.5 Å². The molecular weight excluding hydrogens is 355 g/mol. The Balaban J connectivity index is 1.60. The van der Waals surface area contributed by atoms with Crippen molar-refractivity contribution in [3.05, 3.63) is 53.8 Å². The van der Waals surface area contributed by atoms with Crippen LogP contribution in [0.3, 0.4) is 0 Å². The molecule has 3 rings (SSSR count). The minimum absolute atomic E-state index is 0.220. The first-order chi connectivity index (χ1) is 13.5. The molecule has 2 aromatic rings. The Labute approximate surface area is 166 Å². The number of urea groups is 1. The van der Waals surface area contributed by atoms with Crippen LogP contribution in [0.4, 0.5) is 26.2 Å². The molecule has 2 aromatic carbocycles. The normalized spacial score (nSPS) is 14.1. The zero-order valence-electron chi connectivity index (χ0n) is 16.9. The highest BCUT2D eigenvalue weighted by molar-refractivity contribution is 5.89. The molecule has 0 bridgehead atoms. The topological polar surface area (TPSA) is 38.8 Å². The maximum absolute atomic E-state index is 13.7. The Morgan fingerprint density at radius 3 is 2.36 bits per heavy atom. The van der Waals surface area contributed by atoms with Gasteiger partial charge in [-0.15, -0.1) is 0 Å². The monoisotopic (exact) mass is 384 g/mol. The number of benzene rings is 2. The highest BCUT2D eigenvalue weighted by Crippen LogP contribution is 2.27. The van der Waals surface area contributed by atoms with Gasteiger partial charge in [-0.1, -0.05) is 12.1 Å². The van der Waals surface area contributed by atoms with Gasteiger partial charge < -0.3 is 20.0 Å². The number of carbonyl (C=O) groups is 1. The van der Waals surface area contributed by atoms with Gasteiger partial charge in [0.15, 0.2) is 0 Å². The van der Waals surface area contributed by atoms with Crippen LogP contribution >= 0.6 is 0 Å². The summed E-state index contributed by atoms with van der Waals surface area (Å²) < 4.78 is 13.7. The number of nitrogens with zero attached hydrogens (tertiary/aromatic N) is 3. The van der Waals surface area contributed by atoms with Gasteiger partial charge in [-0.3, -0.25) is 0 Å². The Morgan fingerprint density at radius 1 is 1.07 bits per heavy atom. The zero-order valence-corrected chi connectivity index (χ0v) is 16.9. The standard InChI is InChI=1S/C22H29FN4O/c1-4-25(5-2)18-10-11-21(17(3)16-18)26-12-14-27(15-13-26)22(28)24-20-9-7-6-8-19(20)23/h6-11,16H,4-5,12-15H2,1-3H3,(H,24,28). The molecule has 1 fully saturated rings. The lowest BCUT2D eigenvalue weighted by Crippen LogP contribution is -2.50. The smallest absolute Gasteiger partial charge is 0.322 e. The SMILES string of the molecule is CCN(CC)c1ccc(N2CCN(C(=O)Nc3ccccc3F)CC2)c(C)c1. The number of carbonyl (C=O) groups excluding carboxylic acids is 1. The van der Waals surface area contributed by atoms with Crippen molar-refractivity contribution in [2.24, 2.45) is 0 Å². The van der Waals surface area contributed by atoms with Crippen molar-refractivity contribution in [1.29, 1.82) is 0 Å². The van der Waals surface area contributed by atoms with E-state index in [1.807, 2.05) is 0 Å². The Kier molecular flexibility index (Phi) is 6.39. The number of hydrogen-bond acceptors (Lipinski definition) is 3. The third kappa shape index (κ3) is 4.38. The van der Waals surface area contributed by atoms with E-state index in [0.717, 1.165) is 26.2 Å². The lowest BCUT2D eigenvalue weighted by atomic mass is 10.1. The van der Waals surface area contributed by atoms with Crippen molar-refractivity contribution in [3.8, 4) is 0 Å². The minimum atomic E-state index is -0.418. The summed E-state index contributed by atoms with van der Waals surface area (Å²) in [5, 5.41) is 2.67. The minimum Gasteiger partial charge on any atom is -0.372 e. The second-order valence-corrected chi connectivity index (χ2v) is 7.03. The first kappa shape index (κ1) is 20.0. The van der Waals surface area contributed by atoms with Gasteiger partial charge in [-0.25, -0.2) is 9.18 Å². The average molecular weight is 384 g/mol. The number of piperazine rings is 1. The van der Waals surface area contributed by atoms with E-state index in [1.54, 1.807) is 23.1 Å². The molecule has 0 saturated carbocycles. The van der Waals surface area contributed by atoms with E-state index < -0.39 is 5.82 Å². The molecule has 1 aliphatic heterocycles. The van der Waals surface area contributed by atoms with Gasteiger partial charge in [0, 0.05) is 50.6 Å². The molecule has 0 aliphatic carbocycles. The molecular formula is C22H29FN4O. The predicted octanol–water partition coefficient (Wildman–Crippen LogP) is 4.33. The van der Waals surface area contributed by atoms with Gasteiger partial charge in [0.25, 0.3) is 0 Å². The fourth-order valence-corrected chi connectivity index (χ4v) is 3.69. The van der Waals surface area contributed by atoms with Crippen molar-refractivity contribution < 1.29 is 9.18 Å². The van der Waals surface area contributed by atoms with E-state index in [4.69, 9.17) is 0 Å². The lowest BCUT2D eigenvalue weighted by molar-refractivity contribution is 0.208. The number of nitrogens with one attached hydrogen (secondary N) is 1. The first-order valence-corrected chi connectivity index (χ1v) is 9.94. The van der Waals surface area contributed by atoms with Crippen LogP contribution in [0.1, 0.15) is 19.4 Å². The molecule has 6 heteroatoms. The van der Waals surface area contributed by atoms with Gasteiger partial charge in [0.2, 0.25) is 0 Å². The van der Waals surface area contributed by atoms with E-state index in [0.29, 0.717) is 13.1 Å². The van der Waals surface area contributed by atoms with Crippen molar-refractivity contribution >= 4 is 23.1 Å². The number of halogens is 1. The Hall–Kier alpha value is -2.76. The molecule has 0 radical (unpaired) electrons. The summed E-state index contributed by atoms with van der Waals surface area (Å²) >= 11 is 0. The number of amides is 2. The Bertz CT molecular complexity index is 814. The highest BCUT2D eigenvalue weighted by atomic mass is 19.1. The third-order valence-corrected chi connectivity index (χ3v) is 5.33. The molecule has 1 N–H and O–H groups in total. The van der Waals surface area contributed by atoms with Crippen LogP contribution in [0, 0.1) is 12.7 Å². The lowest BCUT2D eigenvalue weighted by Gasteiger charge is -2.37. The average Bonchev–Trinajstić information content (AvgIpc) is 2.71. The maximum Gasteiger partial charge on any atom is 0.322 e. The number of para-hydroxylation sites is 1. The van der Waals surface area contributed by atoms with Crippen LogP contribution in [-0.2, 0) is 0 Å². The van der Waals surface area contributed by atoms with Crippen molar-refractivity contribution in [2.45, 2.75) is 20.8 Å². The number of rotatable bonds is 5. The fraction of sp³-hybridized carbons (Fsp3) is 0.409. The number of anilines is 3. The number of hydrogen-bond donors (Lipinski definition) is 1. The van der Waals surface area contributed by atoms with E-state index in [2.05, 4.69) is 54.1 Å². The van der Waals surface area contributed by atoms with Gasteiger partial charge in [-0.2, -0.15) is 0 Å². The van der Waals surface area contributed by atoms with E-state index >= 15 is 0 Å². The quantitative estimate of drug-likeness (QED) is 0.834. The molecule has 0 atom stereocenters. The molecule has 5 nitrogen and oxygen atoms in total. The molecule has 1 aliphatic rings. The van der Waals surface area contributed by atoms with E-state index in [9.17, 15) is 9.18 Å². The molecule has 28 heavy (non-hydrogen) atoms.